The molecule has 0 heterocycles. The monoisotopic (exact) mass is 513 g/mol. The van der Waals surface area contributed by atoms with Crippen molar-refractivity contribution in [2.45, 2.75) is 37.4 Å². The van der Waals surface area contributed by atoms with Crippen LogP contribution >= 0.6 is 25.3 Å². The summed E-state index contributed by atoms with van der Waals surface area (Å²) in [5.74, 6) is -1.95. The molecule has 0 unspecified atom stereocenters. The second kappa shape index (κ2) is 11.4. The van der Waals surface area contributed by atoms with Crippen LogP contribution in [0.5, 0.6) is 0 Å². The molecule has 0 saturated carbocycles. The summed E-state index contributed by atoms with van der Waals surface area (Å²) in [6.45, 7) is 3.72. The van der Waals surface area contributed by atoms with Crippen LogP contribution in [0.3, 0.4) is 0 Å². The van der Waals surface area contributed by atoms with Crippen LogP contribution in [0.2, 0.25) is 0 Å². The smallest absolute Gasteiger partial charge is 0.379 e. The molecule has 0 aromatic heterocycles. The van der Waals surface area contributed by atoms with E-state index >= 15 is 0 Å². The first kappa shape index (κ1) is 29.0. The number of thioether (sulfide) groups is 1. The summed E-state index contributed by atoms with van der Waals surface area (Å²) < 4.78 is 39.3. The van der Waals surface area contributed by atoms with Gasteiger partial charge >= 0.3 is 6.18 Å². The highest BCUT2D eigenvalue weighted by atomic mass is 32.2. The molecular weight excluding hydrogens is 491 g/mol. The van der Waals surface area contributed by atoms with E-state index in [1.165, 1.54) is 39.0 Å². The number of rotatable bonds is 6. The highest BCUT2D eigenvalue weighted by molar-refractivity contribution is 7.99. The van der Waals surface area contributed by atoms with Gasteiger partial charge in [0.25, 0.3) is 5.91 Å². The molecule has 3 amide bonds. The van der Waals surface area contributed by atoms with Crippen molar-refractivity contribution < 1.29 is 32.7 Å². The van der Waals surface area contributed by atoms with Gasteiger partial charge in [0.15, 0.2) is 0 Å². The number of benzene rings is 2. The number of nitrogens with zero attached hydrogens (tertiary/aromatic N) is 2. The normalized spacial score (nSPS) is 12.5. The molecule has 2 aromatic rings. The molecule has 0 radical (unpaired) electrons. The summed E-state index contributed by atoms with van der Waals surface area (Å²) >= 11 is 1.09. The third kappa shape index (κ3) is 7.24. The first-order chi connectivity index (χ1) is 15.3. The Morgan fingerprint density at radius 2 is 1.65 bits per heavy atom. The molecule has 0 aliphatic rings. The topological polar surface area (TPSA) is 110 Å². The van der Waals surface area contributed by atoms with E-state index in [0.717, 1.165) is 28.8 Å². The van der Waals surface area contributed by atoms with Crippen LogP contribution in [-0.2, 0) is 20.6 Å². The average molecular weight is 514 g/mol. The maximum absolute atomic E-state index is 13.1. The van der Waals surface area contributed by atoms with Gasteiger partial charge in [-0.05, 0) is 49.4 Å². The molecule has 1 atom stereocenters. The van der Waals surface area contributed by atoms with Crippen LogP contribution < -0.4 is 10.2 Å². The molecule has 2 rings (SSSR count). The van der Waals surface area contributed by atoms with Crippen molar-refractivity contribution in [3.8, 4) is 6.07 Å². The van der Waals surface area contributed by atoms with Gasteiger partial charge in [-0.25, -0.2) is 0 Å². The van der Waals surface area contributed by atoms with E-state index in [2.05, 4.69) is 5.32 Å². The molecule has 182 valence electrons. The van der Waals surface area contributed by atoms with E-state index in [9.17, 15) is 32.7 Å². The molecule has 7 nitrogen and oxygen atoms in total. The van der Waals surface area contributed by atoms with Crippen molar-refractivity contribution in [2.75, 3.05) is 16.0 Å². The van der Waals surface area contributed by atoms with E-state index < -0.39 is 40.6 Å². The molecule has 0 bridgehead atoms. The van der Waals surface area contributed by atoms with Gasteiger partial charge in [-0.1, -0.05) is 0 Å². The minimum absolute atomic E-state index is 0. The second-order valence-electron chi connectivity index (χ2n) is 7.25. The zero-order chi connectivity index (χ0) is 25.0. The highest BCUT2D eigenvalue weighted by Crippen LogP contribution is 2.34. The van der Waals surface area contributed by atoms with Crippen LogP contribution in [-0.4, -0.2) is 34.2 Å². The molecule has 34 heavy (non-hydrogen) atoms. The van der Waals surface area contributed by atoms with Crippen molar-refractivity contribution in [2.24, 2.45) is 0 Å². The summed E-state index contributed by atoms with van der Waals surface area (Å²) in [6.07, 6.45) is -4.78. The molecule has 0 aliphatic carbocycles. The molecule has 0 aliphatic heterocycles. The number of hydrogen-bond donors (Lipinski definition) is 2. The first-order valence-corrected chi connectivity index (χ1v) is 10.4. The van der Waals surface area contributed by atoms with E-state index in [-0.39, 0.29) is 24.9 Å². The Morgan fingerprint density at radius 3 is 2.12 bits per heavy atom. The fraction of sp³-hybridized carbons (Fsp3) is 0.273. The van der Waals surface area contributed by atoms with Crippen LogP contribution in [0.4, 0.5) is 24.5 Å². The average Bonchev–Trinajstić information content (AvgIpc) is 2.72. The van der Waals surface area contributed by atoms with Crippen LogP contribution in [0, 0.1) is 11.3 Å². The molecular formula is C22H22F3N3O4S2. The summed E-state index contributed by atoms with van der Waals surface area (Å²) in [7, 11) is 0. The number of imide groups is 1. The third-order valence-electron chi connectivity index (χ3n) is 4.44. The Kier molecular flexibility index (Phi) is 9.74. The lowest BCUT2D eigenvalue weighted by molar-refractivity contribution is -0.138. The fourth-order valence-corrected chi connectivity index (χ4v) is 3.69. The summed E-state index contributed by atoms with van der Waals surface area (Å²) in [6, 6.07) is 10.4. The standard InChI is InChI=1S/C22H20F3N3O4S.H2S/c1-13(29)28(14(2)30)17-6-8-18(9-7-17)33-12-21(3,32)20(31)27-16-5-4-15(11-26)19(10-16)22(23,24)25;/h4-10,32H,12H2,1-3H3,(H,27,31);1H2/t21-;/m1./s1. The number of amides is 3. The van der Waals surface area contributed by atoms with Crippen LogP contribution in [0.1, 0.15) is 31.9 Å². The van der Waals surface area contributed by atoms with Crippen molar-refractivity contribution in [1.29, 1.82) is 5.26 Å². The molecule has 0 fully saturated rings. The number of carbonyl (C=O) groups is 3. The van der Waals surface area contributed by atoms with Crippen molar-refractivity contribution in [3.63, 3.8) is 0 Å². The third-order valence-corrected chi connectivity index (χ3v) is 5.75. The maximum atomic E-state index is 13.1. The zero-order valence-corrected chi connectivity index (χ0v) is 20.2. The minimum Gasteiger partial charge on any atom is -0.379 e. The number of alkyl halides is 3. The predicted octanol–water partition coefficient (Wildman–Crippen LogP) is 4.07. The largest absolute Gasteiger partial charge is 0.417 e. The SMILES string of the molecule is CC(=O)N(C(C)=O)c1ccc(SC[C@@](C)(O)C(=O)Nc2ccc(C#N)c(C(F)(F)F)c2)cc1.S. The fourth-order valence-electron chi connectivity index (χ4n) is 2.79. The Labute approximate surface area is 205 Å². The lowest BCUT2D eigenvalue weighted by Crippen LogP contribution is -2.42. The zero-order valence-electron chi connectivity index (χ0n) is 18.4. The second-order valence-corrected chi connectivity index (χ2v) is 8.30. The van der Waals surface area contributed by atoms with E-state index in [1.807, 2.05) is 0 Å². The molecule has 12 heteroatoms. The molecule has 2 N–H and O–H groups in total. The van der Waals surface area contributed by atoms with Gasteiger partial charge in [-0.2, -0.15) is 31.9 Å². The molecule has 2 aromatic carbocycles. The Hall–Kier alpha value is -3.01. The Morgan fingerprint density at radius 1 is 1.09 bits per heavy atom. The van der Waals surface area contributed by atoms with Crippen LogP contribution in [0.15, 0.2) is 47.4 Å². The first-order valence-electron chi connectivity index (χ1n) is 9.45. The lowest BCUT2D eigenvalue weighted by Gasteiger charge is -2.22. The number of halogens is 3. The number of nitrogens with one attached hydrogen (secondary N) is 1. The van der Waals surface area contributed by atoms with Crippen molar-refractivity contribution in [3.05, 3.63) is 53.6 Å². The van der Waals surface area contributed by atoms with Gasteiger partial charge in [-0.3, -0.25) is 19.3 Å². The van der Waals surface area contributed by atoms with Gasteiger partial charge in [0.05, 0.1) is 22.9 Å². The van der Waals surface area contributed by atoms with Gasteiger partial charge < -0.3 is 10.4 Å². The highest BCUT2D eigenvalue weighted by Gasteiger charge is 2.35. The van der Waals surface area contributed by atoms with Gasteiger partial charge in [0.1, 0.15) is 5.60 Å². The van der Waals surface area contributed by atoms with Crippen molar-refractivity contribution >= 4 is 54.4 Å². The Bertz CT molecular complexity index is 1100. The minimum atomic E-state index is -4.78. The van der Waals surface area contributed by atoms with E-state index in [4.69, 9.17) is 5.26 Å². The summed E-state index contributed by atoms with van der Waals surface area (Å²) in [5, 5.41) is 21.6. The molecule has 0 spiro atoms. The predicted molar refractivity (Wildman–Crippen MR) is 127 cm³/mol. The van der Waals surface area contributed by atoms with E-state index in [1.54, 1.807) is 12.1 Å². The van der Waals surface area contributed by atoms with Gasteiger partial charge in [0, 0.05) is 30.2 Å². The number of carbonyl (C=O) groups excluding carboxylic acids is 3. The lowest BCUT2D eigenvalue weighted by atomic mass is 10.1. The molecule has 0 saturated heterocycles. The summed E-state index contributed by atoms with van der Waals surface area (Å²) in [5.41, 5.74) is -3.57. The van der Waals surface area contributed by atoms with Gasteiger partial charge in [-0.15, -0.1) is 11.8 Å². The number of nitriles is 1. The quantitative estimate of drug-likeness (QED) is 0.564. The maximum Gasteiger partial charge on any atom is 0.417 e. The van der Waals surface area contributed by atoms with E-state index in [0.29, 0.717) is 16.6 Å². The number of anilines is 2. The van der Waals surface area contributed by atoms with Gasteiger partial charge in [0.2, 0.25) is 11.8 Å². The summed E-state index contributed by atoms with van der Waals surface area (Å²) in [4.78, 5) is 37.3. The van der Waals surface area contributed by atoms with Crippen LogP contribution in [0.25, 0.3) is 0 Å². The number of hydrogen-bond acceptors (Lipinski definition) is 6. The Balaban J connectivity index is 0.00000578. The number of aliphatic hydroxyl groups is 1. The van der Waals surface area contributed by atoms with Crippen molar-refractivity contribution in [1.82, 2.24) is 0 Å².